The molecule has 1 aliphatic heterocycles. The molecule has 41 heavy (non-hydrogen) atoms. The van der Waals surface area contributed by atoms with Gasteiger partial charge in [-0.05, 0) is 60.9 Å². The molecule has 5 rings (SSSR count). The van der Waals surface area contributed by atoms with Crippen LogP contribution in [0.2, 0.25) is 0 Å². The molecule has 2 aliphatic rings. The number of nitrogens with two attached hydrogens (primary N) is 2. The first-order valence-electron chi connectivity index (χ1n) is 13.7. The highest BCUT2D eigenvalue weighted by molar-refractivity contribution is 6.09. The average Bonchev–Trinajstić information content (AvgIpc) is 2.96. The third-order valence-electron chi connectivity index (χ3n) is 7.04. The molecule has 7 N–H and O–H groups in total. The molecule has 3 aromatic rings. The number of benzene rings is 4. The molecule has 0 saturated heterocycles. The minimum absolute atomic E-state index is 0.0526. The van der Waals surface area contributed by atoms with Crippen LogP contribution >= 0.6 is 0 Å². The van der Waals surface area contributed by atoms with Crippen LogP contribution in [0.1, 0.15) is 42.5 Å². The molecule has 0 fully saturated rings. The summed E-state index contributed by atoms with van der Waals surface area (Å²) in [5, 5.41) is 15.1. The lowest BCUT2D eigenvalue weighted by atomic mass is 9.90. The quantitative estimate of drug-likeness (QED) is 0.0806. The fourth-order valence-electron chi connectivity index (χ4n) is 4.98. The van der Waals surface area contributed by atoms with Crippen molar-refractivity contribution in [2.45, 2.75) is 32.1 Å². The van der Waals surface area contributed by atoms with Gasteiger partial charge in [-0.15, -0.1) is 0 Å². The van der Waals surface area contributed by atoms with Gasteiger partial charge in [-0.3, -0.25) is 9.59 Å². The summed E-state index contributed by atoms with van der Waals surface area (Å²) in [6, 6.07) is 25.4. The number of hydrogen-bond donors (Lipinski definition) is 5. The van der Waals surface area contributed by atoms with E-state index in [-0.39, 0.29) is 11.8 Å². The van der Waals surface area contributed by atoms with E-state index in [0.29, 0.717) is 52.3 Å². The van der Waals surface area contributed by atoms with E-state index in [1.807, 2.05) is 54.6 Å². The van der Waals surface area contributed by atoms with E-state index in [2.05, 4.69) is 10.6 Å². The minimum atomic E-state index is -0.157. The van der Waals surface area contributed by atoms with Gasteiger partial charge in [0.2, 0.25) is 5.91 Å². The second-order valence-corrected chi connectivity index (χ2v) is 10.0. The minimum Gasteiger partial charge on any atom is -0.456 e. The number of nitrogen functional groups attached to an aromatic ring is 2. The highest BCUT2D eigenvalue weighted by Crippen LogP contribution is 2.41. The fraction of sp³-hybridized carbons (Fsp3) is 0.182. The summed E-state index contributed by atoms with van der Waals surface area (Å²) in [4.78, 5) is 25.6. The van der Waals surface area contributed by atoms with E-state index in [9.17, 15) is 9.59 Å². The zero-order valence-electron chi connectivity index (χ0n) is 22.7. The number of amides is 2. The van der Waals surface area contributed by atoms with Gasteiger partial charge < -0.3 is 31.9 Å². The van der Waals surface area contributed by atoms with Crippen LogP contribution in [0.4, 0.5) is 17.1 Å². The maximum atomic E-state index is 13.4. The molecule has 0 radical (unpaired) electrons. The van der Waals surface area contributed by atoms with Gasteiger partial charge in [0.05, 0.1) is 16.7 Å². The van der Waals surface area contributed by atoms with E-state index >= 15 is 0 Å². The van der Waals surface area contributed by atoms with Crippen LogP contribution in [0.15, 0.2) is 89.3 Å². The molecule has 8 nitrogen and oxygen atoms in total. The molecule has 2 amide bonds. The highest BCUT2D eigenvalue weighted by atomic mass is 16.3. The molecule has 0 saturated carbocycles. The van der Waals surface area contributed by atoms with E-state index in [1.165, 1.54) is 0 Å². The van der Waals surface area contributed by atoms with Crippen LogP contribution < -0.4 is 27.5 Å². The molecular weight excluding hydrogens is 514 g/mol. The van der Waals surface area contributed by atoms with Crippen molar-refractivity contribution < 1.29 is 14.0 Å². The Balaban J connectivity index is 1.22. The van der Waals surface area contributed by atoms with Gasteiger partial charge in [0.1, 0.15) is 11.3 Å². The summed E-state index contributed by atoms with van der Waals surface area (Å²) in [7, 11) is 0. The van der Waals surface area contributed by atoms with Crippen molar-refractivity contribution in [2.24, 2.45) is 0 Å². The fourth-order valence-corrected chi connectivity index (χ4v) is 4.98. The lowest BCUT2D eigenvalue weighted by Crippen LogP contribution is -2.25. The Kier molecular flexibility index (Phi) is 8.29. The van der Waals surface area contributed by atoms with Crippen LogP contribution in [0.25, 0.3) is 33.4 Å². The first-order valence-corrected chi connectivity index (χ1v) is 13.7. The lowest BCUT2D eigenvalue weighted by molar-refractivity contribution is -0.116. The molecule has 0 unspecified atom stereocenters. The van der Waals surface area contributed by atoms with Gasteiger partial charge in [0, 0.05) is 52.9 Å². The summed E-state index contributed by atoms with van der Waals surface area (Å²) in [5.74, 6) is 0.347. The molecule has 0 atom stereocenters. The van der Waals surface area contributed by atoms with Gasteiger partial charge in [-0.1, -0.05) is 43.2 Å². The maximum absolute atomic E-state index is 13.4. The molecule has 3 aromatic carbocycles. The number of unbranched alkanes of at least 4 members (excludes halogenated alkanes) is 3. The first-order chi connectivity index (χ1) is 19.9. The molecule has 0 bridgehead atoms. The van der Waals surface area contributed by atoms with Crippen molar-refractivity contribution in [3.8, 4) is 22.5 Å². The van der Waals surface area contributed by atoms with Gasteiger partial charge >= 0.3 is 0 Å². The van der Waals surface area contributed by atoms with Crippen LogP contribution in [-0.4, -0.2) is 18.4 Å². The van der Waals surface area contributed by atoms with Crippen LogP contribution in [0.5, 0.6) is 0 Å². The third-order valence-corrected chi connectivity index (χ3v) is 7.04. The summed E-state index contributed by atoms with van der Waals surface area (Å²) in [5.41, 5.74) is 17.3. The molecule has 0 spiro atoms. The van der Waals surface area contributed by atoms with Crippen molar-refractivity contribution in [3.05, 3.63) is 95.8 Å². The summed E-state index contributed by atoms with van der Waals surface area (Å²) in [6.07, 6.45) is 3.78. The first kappa shape index (κ1) is 27.5. The SMILES string of the molecule is N=c1ccc2c(-c3ccccc3C(=O)NCCCCCCC(=O)Nc3ccccc3N)c3ccc(N)cc3oc-2c1. The molecule has 208 valence electrons. The number of fused-ring (bicyclic) bond motifs is 2. The van der Waals surface area contributed by atoms with Gasteiger partial charge in [0.25, 0.3) is 5.91 Å². The Morgan fingerprint density at radius 3 is 2.44 bits per heavy atom. The summed E-state index contributed by atoms with van der Waals surface area (Å²) < 4.78 is 6.10. The van der Waals surface area contributed by atoms with E-state index in [1.54, 1.807) is 30.3 Å². The topological polar surface area (TPSA) is 147 Å². The average molecular weight is 548 g/mol. The summed E-state index contributed by atoms with van der Waals surface area (Å²) in [6.45, 7) is 0.532. The van der Waals surface area contributed by atoms with Crippen molar-refractivity contribution >= 4 is 39.8 Å². The van der Waals surface area contributed by atoms with Gasteiger partial charge in [-0.2, -0.15) is 0 Å². The Hall–Kier alpha value is -5.11. The monoisotopic (exact) mass is 547 g/mol. The van der Waals surface area contributed by atoms with E-state index in [4.69, 9.17) is 21.3 Å². The summed E-state index contributed by atoms with van der Waals surface area (Å²) >= 11 is 0. The zero-order chi connectivity index (χ0) is 28.8. The van der Waals surface area contributed by atoms with Crippen molar-refractivity contribution in [1.29, 1.82) is 5.41 Å². The predicted octanol–water partition coefficient (Wildman–Crippen LogP) is 6.17. The molecule has 0 aromatic heterocycles. The zero-order valence-corrected chi connectivity index (χ0v) is 22.7. The number of para-hydroxylation sites is 2. The molecular formula is C33H33N5O3. The van der Waals surface area contributed by atoms with Crippen LogP contribution in [0, 0.1) is 5.41 Å². The number of hydrogen-bond acceptors (Lipinski definition) is 6. The second kappa shape index (κ2) is 12.4. The molecule has 1 aliphatic carbocycles. The smallest absolute Gasteiger partial charge is 0.251 e. The van der Waals surface area contributed by atoms with E-state index in [0.717, 1.165) is 47.8 Å². The third kappa shape index (κ3) is 6.38. The number of carbonyl (C=O) groups excluding carboxylic acids is 2. The number of nitrogens with one attached hydrogen (secondary N) is 3. The van der Waals surface area contributed by atoms with Gasteiger partial charge in [0.15, 0.2) is 0 Å². The van der Waals surface area contributed by atoms with Crippen LogP contribution in [0.3, 0.4) is 0 Å². The van der Waals surface area contributed by atoms with E-state index < -0.39 is 0 Å². The maximum Gasteiger partial charge on any atom is 0.251 e. The molecule has 1 heterocycles. The Bertz CT molecular complexity index is 1740. The predicted molar refractivity (Wildman–Crippen MR) is 163 cm³/mol. The molecule has 8 heteroatoms. The number of rotatable bonds is 10. The lowest BCUT2D eigenvalue weighted by Gasteiger charge is -2.18. The standard InChI is InChI=1S/C33H33N5O3/c34-21-14-16-25-29(19-21)41-30-20-22(35)15-17-26(30)32(25)23-9-4-5-10-24(23)33(40)37-18-8-2-1-3-13-31(39)38-28-12-7-6-11-27(28)36/h4-7,9-12,14-17,19-20,34H,1-3,8,13,18,35-36H2,(H,37,40)(H,38,39). The Labute approximate surface area is 238 Å². The number of anilines is 3. The van der Waals surface area contributed by atoms with Crippen molar-refractivity contribution in [3.63, 3.8) is 0 Å². The normalized spacial score (nSPS) is 11.0. The second-order valence-electron chi connectivity index (χ2n) is 10.0. The largest absolute Gasteiger partial charge is 0.456 e. The van der Waals surface area contributed by atoms with Crippen molar-refractivity contribution in [2.75, 3.05) is 23.3 Å². The Morgan fingerprint density at radius 2 is 1.59 bits per heavy atom. The number of carbonyl (C=O) groups is 2. The van der Waals surface area contributed by atoms with Gasteiger partial charge in [-0.25, -0.2) is 0 Å². The Morgan fingerprint density at radius 1 is 0.805 bits per heavy atom. The van der Waals surface area contributed by atoms with Crippen molar-refractivity contribution in [1.82, 2.24) is 5.32 Å². The van der Waals surface area contributed by atoms with Crippen LogP contribution in [-0.2, 0) is 4.79 Å². The highest BCUT2D eigenvalue weighted by Gasteiger charge is 2.21.